The van der Waals surface area contributed by atoms with Crippen LogP contribution in [-0.2, 0) is 41.8 Å². The Morgan fingerprint density at radius 1 is 1.11 bits per heavy atom. The Morgan fingerprint density at radius 3 is 2.65 bits per heavy atom. The number of sulfone groups is 1. The summed E-state index contributed by atoms with van der Waals surface area (Å²) in [6.45, 7) is 3.59. The molecule has 0 saturated heterocycles. The summed E-state index contributed by atoms with van der Waals surface area (Å²) in [5.41, 5.74) is 6.48. The fourth-order valence-corrected chi connectivity index (χ4v) is 6.48. The zero-order valence-corrected chi connectivity index (χ0v) is 22.0. The second-order valence-corrected chi connectivity index (χ2v) is 12.0. The van der Waals surface area contributed by atoms with Crippen molar-refractivity contribution in [1.82, 2.24) is 34.0 Å². The van der Waals surface area contributed by atoms with Gasteiger partial charge in [-0.3, -0.25) is 14.2 Å². The fraction of sp³-hybridized carbons (Fsp3) is 0.385. The van der Waals surface area contributed by atoms with E-state index in [1.807, 2.05) is 55.1 Å². The summed E-state index contributed by atoms with van der Waals surface area (Å²) in [5.74, 6) is 1.09. The molecule has 6 rings (SSSR count). The van der Waals surface area contributed by atoms with E-state index >= 15 is 0 Å². The third-order valence-corrected chi connectivity index (χ3v) is 8.82. The average molecular weight is 520 g/mol. The van der Waals surface area contributed by atoms with Gasteiger partial charge in [0.25, 0.3) is 0 Å². The van der Waals surface area contributed by atoms with Gasteiger partial charge in [0, 0.05) is 56.3 Å². The number of nitrogens with zero attached hydrogens (tertiary/aromatic N) is 7. The van der Waals surface area contributed by atoms with Crippen molar-refractivity contribution in [1.29, 1.82) is 0 Å². The van der Waals surface area contributed by atoms with Crippen LogP contribution < -0.4 is 0 Å². The maximum atomic E-state index is 12.6. The minimum atomic E-state index is -3.05. The molecule has 0 atom stereocenters. The number of benzene rings is 1. The number of hydrogen-bond donors (Lipinski definition) is 0. The molecule has 3 aromatic heterocycles. The van der Waals surface area contributed by atoms with E-state index in [0.29, 0.717) is 32.5 Å². The standard InChI is InChI=1S/C26H29N7O3S/c1-4-23(34)32-9-10-33-22(16-32)25(28-26(33)17-7-11-37(35,36)12-8-17)18-5-6-21-20(13-18)24(29-31(21)3)19-14-27-30(2)15-19/h5-7,13-15H,4,8-12,16H2,1-3H3. The normalized spacial score (nSPS) is 17.2. The minimum Gasteiger partial charge on any atom is -0.335 e. The molecular weight excluding hydrogens is 490 g/mol. The van der Waals surface area contributed by atoms with E-state index in [1.165, 1.54) is 0 Å². The van der Waals surface area contributed by atoms with Crippen LogP contribution in [0.5, 0.6) is 0 Å². The van der Waals surface area contributed by atoms with Crippen LogP contribution >= 0.6 is 0 Å². The largest absolute Gasteiger partial charge is 0.335 e. The van der Waals surface area contributed by atoms with Gasteiger partial charge in [-0.25, -0.2) is 13.4 Å². The summed E-state index contributed by atoms with van der Waals surface area (Å²) in [6, 6.07) is 6.20. The van der Waals surface area contributed by atoms with E-state index in [4.69, 9.17) is 10.1 Å². The third-order valence-electron chi connectivity index (χ3n) is 7.32. The fourth-order valence-electron chi connectivity index (χ4n) is 5.33. The first-order valence-electron chi connectivity index (χ1n) is 12.5. The Balaban J connectivity index is 1.51. The number of aromatic nitrogens is 6. The highest BCUT2D eigenvalue weighted by Gasteiger charge is 2.30. The molecule has 37 heavy (non-hydrogen) atoms. The summed E-state index contributed by atoms with van der Waals surface area (Å²) in [7, 11) is 0.762. The van der Waals surface area contributed by atoms with E-state index in [1.54, 1.807) is 10.8 Å². The lowest BCUT2D eigenvalue weighted by atomic mass is 10.0. The lowest BCUT2D eigenvalue weighted by Gasteiger charge is -2.30. The van der Waals surface area contributed by atoms with E-state index < -0.39 is 9.84 Å². The summed E-state index contributed by atoms with van der Waals surface area (Å²) in [6.07, 6.45) is 6.45. The molecule has 1 amide bonds. The third kappa shape index (κ3) is 4.07. The zero-order chi connectivity index (χ0) is 25.9. The van der Waals surface area contributed by atoms with Crippen molar-refractivity contribution in [2.75, 3.05) is 18.1 Å². The summed E-state index contributed by atoms with van der Waals surface area (Å²) < 4.78 is 29.9. The molecule has 0 N–H and O–H groups in total. The van der Waals surface area contributed by atoms with Crippen LogP contribution in [0.4, 0.5) is 0 Å². The monoisotopic (exact) mass is 519 g/mol. The topological polar surface area (TPSA) is 108 Å². The Kier molecular flexibility index (Phi) is 5.55. The highest BCUT2D eigenvalue weighted by Crippen LogP contribution is 2.36. The minimum absolute atomic E-state index is 0.0381. The molecule has 5 heterocycles. The Morgan fingerprint density at radius 2 is 1.95 bits per heavy atom. The second-order valence-electron chi connectivity index (χ2n) is 9.75. The Bertz CT molecular complexity index is 1690. The molecule has 0 unspecified atom stereocenters. The van der Waals surface area contributed by atoms with Gasteiger partial charge < -0.3 is 9.47 Å². The summed E-state index contributed by atoms with van der Waals surface area (Å²) in [4.78, 5) is 19.6. The molecule has 0 fully saturated rings. The molecule has 0 saturated carbocycles. The molecule has 10 nitrogen and oxygen atoms in total. The predicted molar refractivity (Wildman–Crippen MR) is 141 cm³/mol. The molecular formula is C26H29N7O3S. The lowest BCUT2D eigenvalue weighted by Crippen LogP contribution is -2.38. The SMILES string of the molecule is CCC(=O)N1CCn2c(C3=CCS(=O)(=O)CC3)nc(-c3ccc4c(c3)c(-c3cnn(C)c3)nn4C)c2C1. The van der Waals surface area contributed by atoms with E-state index in [2.05, 4.69) is 15.7 Å². The molecule has 192 valence electrons. The van der Waals surface area contributed by atoms with E-state index in [0.717, 1.165) is 50.5 Å². The van der Waals surface area contributed by atoms with Gasteiger partial charge in [-0.2, -0.15) is 10.2 Å². The average Bonchev–Trinajstić information content (AvgIpc) is 3.58. The summed E-state index contributed by atoms with van der Waals surface area (Å²) in [5, 5.41) is 10.1. The highest BCUT2D eigenvalue weighted by atomic mass is 32.2. The Labute approximate surface area is 215 Å². The van der Waals surface area contributed by atoms with Crippen molar-refractivity contribution >= 4 is 32.2 Å². The number of fused-ring (bicyclic) bond motifs is 2. The lowest BCUT2D eigenvalue weighted by molar-refractivity contribution is -0.132. The van der Waals surface area contributed by atoms with Crippen molar-refractivity contribution < 1.29 is 13.2 Å². The quantitative estimate of drug-likeness (QED) is 0.410. The van der Waals surface area contributed by atoms with Crippen LogP contribution in [0.1, 0.15) is 31.3 Å². The number of aryl methyl sites for hydroxylation is 2. The molecule has 0 radical (unpaired) electrons. The van der Waals surface area contributed by atoms with Crippen LogP contribution in [0.25, 0.3) is 39.0 Å². The van der Waals surface area contributed by atoms with Crippen molar-refractivity contribution in [2.45, 2.75) is 32.9 Å². The first kappa shape index (κ1) is 23.7. The van der Waals surface area contributed by atoms with Gasteiger partial charge in [0.1, 0.15) is 11.5 Å². The maximum absolute atomic E-state index is 12.6. The van der Waals surface area contributed by atoms with Crippen molar-refractivity contribution in [3.05, 3.63) is 48.2 Å². The molecule has 2 aliphatic rings. The van der Waals surface area contributed by atoms with Gasteiger partial charge in [0.2, 0.25) is 5.91 Å². The van der Waals surface area contributed by atoms with Gasteiger partial charge in [-0.1, -0.05) is 19.1 Å². The molecule has 0 bridgehead atoms. The van der Waals surface area contributed by atoms with Gasteiger partial charge in [-0.15, -0.1) is 0 Å². The number of allylic oxidation sites excluding steroid dienone is 1. The number of imidazole rings is 1. The molecule has 11 heteroatoms. The van der Waals surface area contributed by atoms with Crippen LogP contribution in [0.2, 0.25) is 0 Å². The summed E-state index contributed by atoms with van der Waals surface area (Å²) >= 11 is 0. The van der Waals surface area contributed by atoms with Gasteiger partial charge in [-0.05, 0) is 24.1 Å². The van der Waals surface area contributed by atoms with Gasteiger partial charge in [0.05, 0.1) is 41.2 Å². The number of carbonyl (C=O) groups excluding carboxylic acids is 1. The second kappa shape index (κ2) is 8.69. The number of carbonyl (C=O) groups is 1. The van der Waals surface area contributed by atoms with Crippen LogP contribution in [-0.4, -0.2) is 66.4 Å². The smallest absolute Gasteiger partial charge is 0.222 e. The van der Waals surface area contributed by atoms with Crippen molar-refractivity contribution in [3.8, 4) is 22.5 Å². The number of rotatable bonds is 4. The predicted octanol–water partition coefficient (Wildman–Crippen LogP) is 2.79. The molecule has 4 aromatic rings. The molecule has 0 aliphatic carbocycles. The highest BCUT2D eigenvalue weighted by molar-refractivity contribution is 7.91. The van der Waals surface area contributed by atoms with Gasteiger partial charge in [0.15, 0.2) is 9.84 Å². The van der Waals surface area contributed by atoms with Gasteiger partial charge >= 0.3 is 0 Å². The first-order chi connectivity index (χ1) is 17.7. The van der Waals surface area contributed by atoms with E-state index in [-0.39, 0.29) is 17.4 Å². The first-order valence-corrected chi connectivity index (χ1v) is 14.3. The van der Waals surface area contributed by atoms with Crippen LogP contribution in [0.3, 0.4) is 0 Å². The maximum Gasteiger partial charge on any atom is 0.222 e. The number of hydrogen-bond acceptors (Lipinski definition) is 6. The van der Waals surface area contributed by atoms with Crippen LogP contribution in [0, 0.1) is 0 Å². The zero-order valence-electron chi connectivity index (χ0n) is 21.2. The molecule has 0 spiro atoms. The van der Waals surface area contributed by atoms with E-state index in [9.17, 15) is 13.2 Å². The molecule has 2 aliphatic heterocycles. The van der Waals surface area contributed by atoms with Crippen molar-refractivity contribution in [3.63, 3.8) is 0 Å². The number of amides is 1. The van der Waals surface area contributed by atoms with Crippen molar-refractivity contribution in [2.24, 2.45) is 14.1 Å². The Hall–Kier alpha value is -3.73. The van der Waals surface area contributed by atoms with Crippen LogP contribution in [0.15, 0.2) is 36.7 Å². The molecule has 1 aromatic carbocycles.